The van der Waals surface area contributed by atoms with Gasteiger partial charge in [0.25, 0.3) is 0 Å². The second-order valence-electron chi connectivity index (χ2n) is 5.60. The molecule has 1 fully saturated rings. The van der Waals surface area contributed by atoms with Crippen LogP contribution in [-0.2, 0) is 6.54 Å². The third-order valence-electron chi connectivity index (χ3n) is 4.14. The molecule has 0 saturated carbocycles. The van der Waals surface area contributed by atoms with Gasteiger partial charge in [-0.1, -0.05) is 24.3 Å². The first-order chi connectivity index (χ1) is 10.8. The Hall–Kier alpha value is -2.20. The van der Waals surface area contributed by atoms with E-state index in [4.69, 9.17) is 4.74 Å². The van der Waals surface area contributed by atoms with E-state index in [1.807, 2.05) is 24.3 Å². The normalized spacial score (nSPS) is 15.8. The standard InChI is InChI=1S/C18H22N2O2/c1-22-18-5-3-2-4-17(18)20-12-10-19(11-13-20)14-15-6-8-16(21)9-7-15/h2-9,21H,10-14H2,1H3. The quantitative estimate of drug-likeness (QED) is 0.941. The maximum atomic E-state index is 9.34. The number of piperazine rings is 1. The van der Waals surface area contributed by atoms with Crippen molar-refractivity contribution in [1.29, 1.82) is 0 Å². The highest BCUT2D eigenvalue weighted by molar-refractivity contribution is 5.58. The monoisotopic (exact) mass is 298 g/mol. The number of rotatable bonds is 4. The number of ether oxygens (including phenoxy) is 1. The molecule has 0 bridgehead atoms. The highest BCUT2D eigenvalue weighted by atomic mass is 16.5. The van der Waals surface area contributed by atoms with Gasteiger partial charge >= 0.3 is 0 Å². The number of benzene rings is 2. The van der Waals surface area contributed by atoms with Crippen molar-refractivity contribution < 1.29 is 9.84 Å². The van der Waals surface area contributed by atoms with Crippen LogP contribution < -0.4 is 9.64 Å². The van der Waals surface area contributed by atoms with Gasteiger partial charge in [-0.2, -0.15) is 0 Å². The van der Waals surface area contributed by atoms with Gasteiger partial charge in [-0.3, -0.25) is 4.90 Å². The molecule has 1 aliphatic rings. The minimum Gasteiger partial charge on any atom is -0.508 e. The largest absolute Gasteiger partial charge is 0.508 e. The molecular formula is C18H22N2O2. The molecular weight excluding hydrogens is 276 g/mol. The summed E-state index contributed by atoms with van der Waals surface area (Å²) in [6.07, 6.45) is 0. The van der Waals surface area contributed by atoms with Crippen LogP contribution in [-0.4, -0.2) is 43.3 Å². The van der Waals surface area contributed by atoms with E-state index >= 15 is 0 Å². The van der Waals surface area contributed by atoms with Crippen LogP contribution >= 0.6 is 0 Å². The summed E-state index contributed by atoms with van der Waals surface area (Å²) >= 11 is 0. The molecule has 4 nitrogen and oxygen atoms in total. The summed E-state index contributed by atoms with van der Waals surface area (Å²) < 4.78 is 5.45. The predicted octanol–water partition coefficient (Wildman–Crippen LogP) is 2.72. The summed E-state index contributed by atoms with van der Waals surface area (Å²) in [7, 11) is 1.72. The molecule has 116 valence electrons. The number of aromatic hydroxyl groups is 1. The van der Waals surface area contributed by atoms with Crippen molar-refractivity contribution in [2.24, 2.45) is 0 Å². The fourth-order valence-electron chi connectivity index (χ4n) is 2.90. The minimum absolute atomic E-state index is 0.324. The van der Waals surface area contributed by atoms with E-state index in [9.17, 15) is 5.11 Å². The first-order valence-electron chi connectivity index (χ1n) is 7.64. The summed E-state index contributed by atoms with van der Waals surface area (Å²) in [6.45, 7) is 4.98. The van der Waals surface area contributed by atoms with Crippen molar-refractivity contribution >= 4 is 5.69 Å². The molecule has 2 aromatic rings. The van der Waals surface area contributed by atoms with Gasteiger partial charge in [0.1, 0.15) is 11.5 Å². The average molecular weight is 298 g/mol. The minimum atomic E-state index is 0.324. The lowest BCUT2D eigenvalue weighted by atomic mass is 10.1. The number of nitrogens with zero attached hydrogens (tertiary/aromatic N) is 2. The number of para-hydroxylation sites is 2. The zero-order chi connectivity index (χ0) is 15.4. The Kier molecular flexibility index (Phi) is 4.49. The number of methoxy groups -OCH3 is 1. The third kappa shape index (κ3) is 3.34. The lowest BCUT2D eigenvalue weighted by Crippen LogP contribution is -2.46. The molecule has 0 atom stereocenters. The lowest BCUT2D eigenvalue weighted by molar-refractivity contribution is 0.249. The number of hydrogen-bond donors (Lipinski definition) is 1. The summed E-state index contributed by atoms with van der Waals surface area (Å²) in [5.74, 6) is 1.26. The van der Waals surface area contributed by atoms with E-state index in [-0.39, 0.29) is 0 Å². The zero-order valence-corrected chi connectivity index (χ0v) is 12.9. The fraction of sp³-hybridized carbons (Fsp3) is 0.333. The Morgan fingerprint density at radius 1 is 0.955 bits per heavy atom. The molecule has 0 unspecified atom stereocenters. The Morgan fingerprint density at radius 2 is 1.64 bits per heavy atom. The molecule has 0 aromatic heterocycles. The van der Waals surface area contributed by atoms with Gasteiger partial charge in [0, 0.05) is 32.7 Å². The molecule has 2 aromatic carbocycles. The molecule has 4 heteroatoms. The summed E-state index contributed by atoms with van der Waals surface area (Å²) in [5, 5.41) is 9.34. The van der Waals surface area contributed by atoms with E-state index < -0.39 is 0 Å². The zero-order valence-electron chi connectivity index (χ0n) is 12.9. The SMILES string of the molecule is COc1ccccc1N1CCN(Cc2ccc(O)cc2)CC1. The third-order valence-corrected chi connectivity index (χ3v) is 4.14. The van der Waals surface area contributed by atoms with Crippen LogP contribution in [0.2, 0.25) is 0 Å². The van der Waals surface area contributed by atoms with Crippen LogP contribution in [0.4, 0.5) is 5.69 Å². The first-order valence-corrected chi connectivity index (χ1v) is 7.64. The molecule has 0 radical (unpaired) electrons. The van der Waals surface area contributed by atoms with Gasteiger partial charge in [0.15, 0.2) is 0 Å². The second kappa shape index (κ2) is 6.71. The molecule has 1 saturated heterocycles. The topological polar surface area (TPSA) is 35.9 Å². The Labute approximate surface area is 131 Å². The summed E-state index contributed by atoms with van der Waals surface area (Å²) in [6, 6.07) is 15.7. The Bertz CT molecular complexity index is 605. The van der Waals surface area contributed by atoms with Gasteiger partial charge in [-0.05, 0) is 29.8 Å². The molecule has 0 spiro atoms. The van der Waals surface area contributed by atoms with E-state index in [0.717, 1.165) is 38.5 Å². The van der Waals surface area contributed by atoms with Crippen LogP contribution in [0, 0.1) is 0 Å². The number of anilines is 1. The van der Waals surface area contributed by atoms with Gasteiger partial charge in [0.05, 0.1) is 12.8 Å². The van der Waals surface area contributed by atoms with Crippen LogP contribution in [0.1, 0.15) is 5.56 Å². The van der Waals surface area contributed by atoms with Crippen LogP contribution in [0.5, 0.6) is 11.5 Å². The predicted molar refractivity (Wildman–Crippen MR) is 88.6 cm³/mol. The maximum Gasteiger partial charge on any atom is 0.142 e. The molecule has 1 aliphatic heterocycles. The fourth-order valence-corrected chi connectivity index (χ4v) is 2.90. The number of hydrogen-bond acceptors (Lipinski definition) is 4. The van der Waals surface area contributed by atoms with Crippen molar-refractivity contribution in [2.45, 2.75) is 6.54 Å². The highest BCUT2D eigenvalue weighted by Crippen LogP contribution is 2.28. The van der Waals surface area contributed by atoms with Crippen molar-refractivity contribution in [3.05, 3.63) is 54.1 Å². The molecule has 22 heavy (non-hydrogen) atoms. The van der Waals surface area contributed by atoms with Gasteiger partial charge in [0.2, 0.25) is 0 Å². The van der Waals surface area contributed by atoms with Crippen molar-refractivity contribution in [3.63, 3.8) is 0 Å². The van der Waals surface area contributed by atoms with E-state index in [2.05, 4.69) is 21.9 Å². The maximum absolute atomic E-state index is 9.34. The second-order valence-corrected chi connectivity index (χ2v) is 5.60. The van der Waals surface area contributed by atoms with Gasteiger partial charge in [-0.15, -0.1) is 0 Å². The average Bonchev–Trinajstić information content (AvgIpc) is 2.58. The van der Waals surface area contributed by atoms with Crippen molar-refractivity contribution in [3.8, 4) is 11.5 Å². The van der Waals surface area contributed by atoms with Crippen molar-refractivity contribution in [2.75, 3.05) is 38.2 Å². The van der Waals surface area contributed by atoms with Crippen LogP contribution in [0.15, 0.2) is 48.5 Å². The molecule has 0 aliphatic carbocycles. The Morgan fingerprint density at radius 3 is 2.32 bits per heavy atom. The van der Waals surface area contributed by atoms with E-state index in [1.165, 1.54) is 11.3 Å². The molecule has 1 N–H and O–H groups in total. The van der Waals surface area contributed by atoms with Gasteiger partial charge < -0.3 is 14.7 Å². The summed E-state index contributed by atoms with van der Waals surface area (Å²) in [4.78, 5) is 4.82. The van der Waals surface area contributed by atoms with E-state index in [1.54, 1.807) is 19.2 Å². The molecule has 3 rings (SSSR count). The highest BCUT2D eigenvalue weighted by Gasteiger charge is 2.19. The smallest absolute Gasteiger partial charge is 0.142 e. The van der Waals surface area contributed by atoms with Crippen LogP contribution in [0.3, 0.4) is 0 Å². The summed E-state index contributed by atoms with van der Waals surface area (Å²) in [5.41, 5.74) is 2.41. The van der Waals surface area contributed by atoms with Crippen molar-refractivity contribution in [1.82, 2.24) is 4.90 Å². The first kappa shape index (κ1) is 14.7. The number of phenolic OH excluding ortho intramolecular Hbond substituents is 1. The number of phenols is 1. The van der Waals surface area contributed by atoms with Crippen LogP contribution in [0.25, 0.3) is 0 Å². The molecule has 1 heterocycles. The lowest BCUT2D eigenvalue weighted by Gasteiger charge is -2.36. The van der Waals surface area contributed by atoms with E-state index in [0.29, 0.717) is 5.75 Å². The van der Waals surface area contributed by atoms with Gasteiger partial charge in [-0.25, -0.2) is 0 Å². The Balaban J connectivity index is 1.59. The molecule has 0 amide bonds.